The zero-order chi connectivity index (χ0) is 10.3. The Kier molecular flexibility index (Phi) is 5.71. The predicted octanol–water partition coefficient (Wildman–Crippen LogP) is 2.16. The Morgan fingerprint density at radius 2 is 2.31 bits per heavy atom. The van der Waals surface area contributed by atoms with Crippen LogP contribution in [0.3, 0.4) is 0 Å². The van der Waals surface area contributed by atoms with Crippen molar-refractivity contribution < 1.29 is 9.53 Å². The normalized spacial score (nSPS) is 13.2. The number of hydrogen-bond donors (Lipinski definition) is 0. The smallest absolute Gasteiger partial charge is 0.331 e. The summed E-state index contributed by atoms with van der Waals surface area (Å²) in [5.41, 5.74) is 1.03. The molecule has 0 aromatic rings. The lowest BCUT2D eigenvalue weighted by molar-refractivity contribution is -0.136. The molecule has 13 heavy (non-hydrogen) atoms. The summed E-state index contributed by atoms with van der Waals surface area (Å²) in [6, 6.07) is 0. The van der Waals surface area contributed by atoms with Crippen molar-refractivity contribution in [2.45, 2.75) is 27.2 Å². The van der Waals surface area contributed by atoms with E-state index >= 15 is 0 Å². The van der Waals surface area contributed by atoms with Crippen molar-refractivity contribution in [2.75, 3.05) is 6.61 Å². The Morgan fingerprint density at radius 3 is 2.77 bits per heavy atom. The fourth-order valence-corrected chi connectivity index (χ4v) is 0.805. The second-order valence-corrected chi connectivity index (χ2v) is 3.01. The molecule has 0 aliphatic heterocycles. The summed E-state index contributed by atoms with van der Waals surface area (Å²) < 4.78 is 4.71. The standard InChI is InChI=1S/C11H16O2/c1-5-7-13-11(12)8-10(4)9(3)6-2/h1,8-9H,6-7H2,2-4H3/b10-8+. The van der Waals surface area contributed by atoms with E-state index in [-0.39, 0.29) is 12.6 Å². The van der Waals surface area contributed by atoms with Crippen molar-refractivity contribution in [1.82, 2.24) is 0 Å². The highest BCUT2D eigenvalue weighted by atomic mass is 16.5. The molecule has 1 atom stereocenters. The largest absolute Gasteiger partial charge is 0.449 e. The molecule has 0 amide bonds. The lowest BCUT2D eigenvalue weighted by atomic mass is 10.00. The molecule has 0 fully saturated rings. The van der Waals surface area contributed by atoms with Gasteiger partial charge in [-0.3, -0.25) is 0 Å². The highest BCUT2D eigenvalue weighted by Gasteiger charge is 2.04. The Bertz CT molecular complexity index is 233. The predicted molar refractivity (Wildman–Crippen MR) is 53.0 cm³/mol. The molecule has 72 valence electrons. The van der Waals surface area contributed by atoms with E-state index in [1.54, 1.807) is 0 Å². The van der Waals surface area contributed by atoms with E-state index in [0.717, 1.165) is 12.0 Å². The number of terminal acetylenes is 1. The fraction of sp³-hybridized carbons (Fsp3) is 0.545. The molecule has 0 aromatic heterocycles. The van der Waals surface area contributed by atoms with Crippen molar-refractivity contribution in [3.8, 4) is 12.3 Å². The van der Waals surface area contributed by atoms with Crippen LogP contribution in [0.5, 0.6) is 0 Å². The van der Waals surface area contributed by atoms with Crippen LogP contribution in [0, 0.1) is 18.3 Å². The van der Waals surface area contributed by atoms with Gasteiger partial charge in [0.1, 0.15) is 0 Å². The van der Waals surface area contributed by atoms with E-state index in [2.05, 4.69) is 19.8 Å². The number of carbonyl (C=O) groups excluding carboxylic acids is 1. The number of rotatable bonds is 4. The van der Waals surface area contributed by atoms with Crippen LogP contribution in [-0.4, -0.2) is 12.6 Å². The van der Waals surface area contributed by atoms with Gasteiger partial charge in [-0.25, -0.2) is 4.79 Å². The minimum Gasteiger partial charge on any atom is -0.449 e. The minimum atomic E-state index is -0.351. The molecule has 0 heterocycles. The van der Waals surface area contributed by atoms with E-state index in [1.165, 1.54) is 6.08 Å². The third kappa shape index (κ3) is 5.08. The minimum absolute atomic E-state index is 0.0448. The quantitative estimate of drug-likeness (QED) is 0.376. The van der Waals surface area contributed by atoms with Crippen LogP contribution in [-0.2, 0) is 9.53 Å². The topological polar surface area (TPSA) is 26.3 Å². The van der Waals surface area contributed by atoms with E-state index < -0.39 is 0 Å². The van der Waals surface area contributed by atoms with Crippen LogP contribution in [0.4, 0.5) is 0 Å². The summed E-state index contributed by atoms with van der Waals surface area (Å²) in [6.45, 7) is 6.11. The molecule has 0 aliphatic carbocycles. The van der Waals surface area contributed by atoms with Gasteiger partial charge >= 0.3 is 5.97 Å². The van der Waals surface area contributed by atoms with Crippen molar-refractivity contribution in [3.05, 3.63) is 11.6 Å². The fourth-order valence-electron chi connectivity index (χ4n) is 0.805. The van der Waals surface area contributed by atoms with Gasteiger partial charge in [0, 0.05) is 6.08 Å². The SMILES string of the molecule is C#CCOC(=O)/C=C(\C)C(C)CC. The average molecular weight is 180 g/mol. The summed E-state index contributed by atoms with van der Waals surface area (Å²) >= 11 is 0. The van der Waals surface area contributed by atoms with Gasteiger partial charge in [-0.2, -0.15) is 0 Å². The van der Waals surface area contributed by atoms with Crippen molar-refractivity contribution in [1.29, 1.82) is 0 Å². The monoisotopic (exact) mass is 180 g/mol. The van der Waals surface area contributed by atoms with Gasteiger partial charge in [0.2, 0.25) is 0 Å². The molecule has 0 N–H and O–H groups in total. The number of hydrogen-bond acceptors (Lipinski definition) is 2. The lowest BCUT2D eigenvalue weighted by Crippen LogP contribution is -2.04. The van der Waals surface area contributed by atoms with Crippen LogP contribution in [0.15, 0.2) is 11.6 Å². The molecule has 2 heteroatoms. The molecule has 0 spiro atoms. The van der Waals surface area contributed by atoms with Gasteiger partial charge in [-0.1, -0.05) is 25.3 Å². The van der Waals surface area contributed by atoms with E-state index in [4.69, 9.17) is 11.2 Å². The zero-order valence-electron chi connectivity index (χ0n) is 8.46. The van der Waals surface area contributed by atoms with Gasteiger partial charge in [0.25, 0.3) is 0 Å². The number of allylic oxidation sites excluding steroid dienone is 1. The first kappa shape index (κ1) is 11.8. The van der Waals surface area contributed by atoms with Gasteiger partial charge in [-0.05, 0) is 19.3 Å². The number of ether oxygens (including phenoxy) is 1. The third-order valence-corrected chi connectivity index (χ3v) is 2.03. The second-order valence-electron chi connectivity index (χ2n) is 3.01. The molecule has 0 saturated carbocycles. The molecule has 0 bridgehead atoms. The molecule has 0 aliphatic rings. The summed E-state index contributed by atoms with van der Waals surface area (Å²) in [4.78, 5) is 11.0. The van der Waals surface area contributed by atoms with Crippen LogP contribution < -0.4 is 0 Å². The molecule has 1 unspecified atom stereocenters. The second kappa shape index (κ2) is 6.30. The molecule has 0 radical (unpaired) electrons. The van der Waals surface area contributed by atoms with Crippen molar-refractivity contribution in [2.24, 2.45) is 5.92 Å². The van der Waals surface area contributed by atoms with Crippen LogP contribution in [0.2, 0.25) is 0 Å². The molecule has 2 nitrogen and oxygen atoms in total. The molecular weight excluding hydrogens is 164 g/mol. The van der Waals surface area contributed by atoms with Crippen LogP contribution in [0.25, 0.3) is 0 Å². The summed E-state index contributed by atoms with van der Waals surface area (Å²) in [6.07, 6.45) is 7.47. The van der Waals surface area contributed by atoms with Crippen LogP contribution >= 0.6 is 0 Å². The first-order valence-electron chi connectivity index (χ1n) is 4.40. The van der Waals surface area contributed by atoms with Gasteiger partial charge in [0.05, 0.1) is 0 Å². The molecule has 0 rings (SSSR count). The van der Waals surface area contributed by atoms with E-state index in [1.807, 2.05) is 6.92 Å². The van der Waals surface area contributed by atoms with Crippen molar-refractivity contribution >= 4 is 5.97 Å². The van der Waals surface area contributed by atoms with Crippen LogP contribution in [0.1, 0.15) is 27.2 Å². The molecule has 0 saturated heterocycles. The first-order chi connectivity index (χ1) is 6.11. The summed E-state index contributed by atoms with van der Waals surface area (Å²) in [5.74, 6) is 2.31. The number of carbonyl (C=O) groups is 1. The highest BCUT2D eigenvalue weighted by molar-refractivity contribution is 5.82. The van der Waals surface area contributed by atoms with E-state index in [9.17, 15) is 4.79 Å². The lowest BCUT2D eigenvalue weighted by Gasteiger charge is -2.07. The summed E-state index contributed by atoms with van der Waals surface area (Å²) in [5, 5.41) is 0. The Labute approximate surface area is 80.0 Å². The van der Waals surface area contributed by atoms with Gasteiger partial charge < -0.3 is 4.74 Å². The van der Waals surface area contributed by atoms with Gasteiger partial charge in [0.15, 0.2) is 6.61 Å². The third-order valence-electron chi connectivity index (χ3n) is 2.03. The Balaban J connectivity index is 4.07. The van der Waals surface area contributed by atoms with Crippen molar-refractivity contribution in [3.63, 3.8) is 0 Å². The Morgan fingerprint density at radius 1 is 1.69 bits per heavy atom. The zero-order valence-corrected chi connectivity index (χ0v) is 8.46. The summed E-state index contributed by atoms with van der Waals surface area (Å²) in [7, 11) is 0. The first-order valence-corrected chi connectivity index (χ1v) is 4.40. The Hall–Kier alpha value is -1.23. The highest BCUT2D eigenvalue weighted by Crippen LogP contribution is 2.12. The van der Waals surface area contributed by atoms with E-state index in [0.29, 0.717) is 5.92 Å². The van der Waals surface area contributed by atoms with Gasteiger partial charge in [-0.15, -0.1) is 6.42 Å². The maximum absolute atomic E-state index is 11.0. The molecular formula is C11H16O2. The molecule has 0 aromatic carbocycles. The average Bonchev–Trinajstić information content (AvgIpc) is 2.13. The number of esters is 1. The maximum atomic E-state index is 11.0. The maximum Gasteiger partial charge on any atom is 0.331 e.